The second-order valence-corrected chi connectivity index (χ2v) is 4.35. The summed E-state index contributed by atoms with van der Waals surface area (Å²) in [6.45, 7) is 7.92. The zero-order valence-corrected chi connectivity index (χ0v) is 11.4. The summed E-state index contributed by atoms with van der Waals surface area (Å²) in [5, 5.41) is 5.10. The van der Waals surface area contributed by atoms with E-state index in [0.29, 0.717) is 11.6 Å². The molecule has 4 heteroatoms. The third kappa shape index (κ3) is 4.25. The Hall–Kier alpha value is -2.10. The number of carbonyl (C=O) groups is 2. The normalized spacial score (nSPS) is 11.5. The predicted molar refractivity (Wildman–Crippen MR) is 77.0 cm³/mol. The number of rotatable bonds is 5. The molecule has 0 fully saturated rings. The highest BCUT2D eigenvalue weighted by Gasteiger charge is 2.15. The summed E-state index contributed by atoms with van der Waals surface area (Å²) in [6, 6.07) is 7.53. The maximum absolute atomic E-state index is 11.7. The Morgan fingerprint density at radius 3 is 2.63 bits per heavy atom. The van der Waals surface area contributed by atoms with E-state index in [2.05, 4.69) is 31.1 Å². The molecule has 1 aromatic carbocycles. The van der Waals surface area contributed by atoms with Crippen molar-refractivity contribution < 1.29 is 9.59 Å². The summed E-state index contributed by atoms with van der Waals surface area (Å²) in [4.78, 5) is 23.2. The topological polar surface area (TPSA) is 58.2 Å². The van der Waals surface area contributed by atoms with Crippen LogP contribution in [0.2, 0.25) is 0 Å². The molecule has 0 radical (unpaired) electrons. The maximum Gasteiger partial charge on any atom is 0.313 e. The maximum atomic E-state index is 11.7. The summed E-state index contributed by atoms with van der Waals surface area (Å²) >= 11 is 0. The van der Waals surface area contributed by atoms with Crippen molar-refractivity contribution in [1.82, 2.24) is 5.32 Å². The van der Waals surface area contributed by atoms with E-state index < -0.39 is 11.8 Å². The first-order chi connectivity index (χ1) is 9.10. The van der Waals surface area contributed by atoms with Gasteiger partial charge in [0.25, 0.3) is 0 Å². The average Bonchev–Trinajstić information content (AvgIpc) is 2.44. The quantitative estimate of drug-likeness (QED) is 0.631. The van der Waals surface area contributed by atoms with Crippen LogP contribution in [-0.2, 0) is 9.59 Å². The first-order valence-corrected chi connectivity index (χ1v) is 6.39. The number of benzene rings is 1. The van der Waals surface area contributed by atoms with Crippen molar-refractivity contribution in [2.75, 3.05) is 11.9 Å². The Balaban J connectivity index is 2.79. The van der Waals surface area contributed by atoms with Crippen LogP contribution in [-0.4, -0.2) is 18.4 Å². The van der Waals surface area contributed by atoms with Gasteiger partial charge in [-0.25, -0.2) is 0 Å². The highest BCUT2D eigenvalue weighted by molar-refractivity contribution is 6.39. The van der Waals surface area contributed by atoms with E-state index >= 15 is 0 Å². The molecule has 0 saturated heterocycles. The SMILES string of the molecule is C=CCNC(=O)C(=O)Nc1ccccc1C(C)CC. The van der Waals surface area contributed by atoms with Crippen molar-refractivity contribution >= 4 is 17.5 Å². The number of para-hydroxylation sites is 1. The highest BCUT2D eigenvalue weighted by atomic mass is 16.2. The molecule has 0 aromatic heterocycles. The lowest BCUT2D eigenvalue weighted by atomic mass is 9.97. The Morgan fingerprint density at radius 2 is 2.00 bits per heavy atom. The van der Waals surface area contributed by atoms with Gasteiger partial charge in [-0.15, -0.1) is 6.58 Å². The van der Waals surface area contributed by atoms with E-state index in [-0.39, 0.29) is 6.54 Å². The molecular weight excluding hydrogens is 240 g/mol. The standard InChI is InChI=1S/C15H20N2O2/c1-4-10-16-14(18)15(19)17-13-9-7-6-8-12(13)11(3)5-2/h4,6-9,11H,1,5,10H2,2-3H3,(H,16,18)(H,17,19). The van der Waals surface area contributed by atoms with Gasteiger partial charge in [0, 0.05) is 12.2 Å². The minimum Gasteiger partial charge on any atom is -0.344 e. The molecule has 1 rings (SSSR count). The van der Waals surface area contributed by atoms with Crippen LogP contribution < -0.4 is 10.6 Å². The minimum absolute atomic E-state index is 0.277. The average molecular weight is 260 g/mol. The summed E-state index contributed by atoms with van der Waals surface area (Å²) in [5.41, 5.74) is 1.73. The first-order valence-electron chi connectivity index (χ1n) is 6.39. The van der Waals surface area contributed by atoms with E-state index in [4.69, 9.17) is 0 Å². The molecule has 0 heterocycles. The lowest BCUT2D eigenvalue weighted by Crippen LogP contribution is -2.35. The molecule has 102 valence electrons. The molecule has 0 bridgehead atoms. The smallest absolute Gasteiger partial charge is 0.313 e. The van der Waals surface area contributed by atoms with Crippen LogP contribution in [0.1, 0.15) is 31.7 Å². The number of amides is 2. The molecule has 0 spiro atoms. The van der Waals surface area contributed by atoms with Gasteiger partial charge in [0.05, 0.1) is 0 Å². The van der Waals surface area contributed by atoms with Gasteiger partial charge in [-0.1, -0.05) is 38.1 Å². The van der Waals surface area contributed by atoms with E-state index in [1.165, 1.54) is 6.08 Å². The Kier molecular flexibility index (Phi) is 5.79. The zero-order chi connectivity index (χ0) is 14.3. The van der Waals surface area contributed by atoms with Crippen molar-refractivity contribution in [3.63, 3.8) is 0 Å². The Bertz CT molecular complexity index is 469. The first kappa shape index (κ1) is 15.0. The summed E-state index contributed by atoms with van der Waals surface area (Å²) in [6.07, 6.45) is 2.49. The fourth-order valence-electron chi connectivity index (χ4n) is 1.68. The molecule has 0 aliphatic rings. The minimum atomic E-state index is -0.655. The van der Waals surface area contributed by atoms with Gasteiger partial charge >= 0.3 is 11.8 Å². The predicted octanol–water partition coefficient (Wildman–Crippen LogP) is 2.44. The third-order valence-corrected chi connectivity index (χ3v) is 2.97. The van der Waals surface area contributed by atoms with Crippen molar-refractivity contribution in [2.45, 2.75) is 26.2 Å². The fraction of sp³-hybridized carbons (Fsp3) is 0.333. The fourth-order valence-corrected chi connectivity index (χ4v) is 1.68. The van der Waals surface area contributed by atoms with Crippen LogP contribution in [0.3, 0.4) is 0 Å². The molecule has 0 aliphatic heterocycles. The van der Waals surface area contributed by atoms with Crippen molar-refractivity contribution in [1.29, 1.82) is 0 Å². The van der Waals surface area contributed by atoms with Gasteiger partial charge in [-0.2, -0.15) is 0 Å². The van der Waals surface area contributed by atoms with Crippen LogP contribution in [0.5, 0.6) is 0 Å². The highest BCUT2D eigenvalue weighted by Crippen LogP contribution is 2.26. The van der Waals surface area contributed by atoms with E-state index in [9.17, 15) is 9.59 Å². The number of nitrogens with one attached hydrogen (secondary N) is 2. The molecule has 1 unspecified atom stereocenters. The van der Waals surface area contributed by atoms with Gasteiger partial charge in [0.15, 0.2) is 0 Å². The van der Waals surface area contributed by atoms with Gasteiger partial charge in [0.1, 0.15) is 0 Å². The lowest BCUT2D eigenvalue weighted by molar-refractivity contribution is -0.136. The monoisotopic (exact) mass is 260 g/mol. The molecule has 0 aliphatic carbocycles. The molecule has 1 atom stereocenters. The Labute approximate surface area is 113 Å². The molecule has 0 saturated carbocycles. The molecule has 1 aromatic rings. The van der Waals surface area contributed by atoms with Crippen LogP contribution in [0, 0.1) is 0 Å². The lowest BCUT2D eigenvalue weighted by Gasteiger charge is -2.15. The van der Waals surface area contributed by atoms with E-state index in [1.54, 1.807) is 6.07 Å². The van der Waals surface area contributed by atoms with Crippen LogP contribution in [0.25, 0.3) is 0 Å². The van der Waals surface area contributed by atoms with Gasteiger partial charge < -0.3 is 10.6 Å². The van der Waals surface area contributed by atoms with Crippen molar-refractivity contribution in [2.24, 2.45) is 0 Å². The molecule has 2 amide bonds. The van der Waals surface area contributed by atoms with E-state index in [1.807, 2.05) is 18.2 Å². The Morgan fingerprint density at radius 1 is 1.32 bits per heavy atom. The second kappa shape index (κ2) is 7.36. The third-order valence-electron chi connectivity index (χ3n) is 2.97. The summed E-state index contributed by atoms with van der Waals surface area (Å²) < 4.78 is 0. The zero-order valence-electron chi connectivity index (χ0n) is 11.4. The van der Waals surface area contributed by atoms with Crippen LogP contribution in [0.15, 0.2) is 36.9 Å². The molecular formula is C15H20N2O2. The number of anilines is 1. The van der Waals surface area contributed by atoms with Crippen LogP contribution >= 0.6 is 0 Å². The molecule has 19 heavy (non-hydrogen) atoms. The summed E-state index contributed by atoms with van der Waals surface area (Å²) in [7, 11) is 0. The largest absolute Gasteiger partial charge is 0.344 e. The number of carbonyl (C=O) groups excluding carboxylic acids is 2. The molecule has 2 N–H and O–H groups in total. The van der Waals surface area contributed by atoms with Crippen molar-refractivity contribution in [3.05, 3.63) is 42.5 Å². The second-order valence-electron chi connectivity index (χ2n) is 4.35. The van der Waals surface area contributed by atoms with Crippen LogP contribution in [0.4, 0.5) is 5.69 Å². The number of hydrogen-bond donors (Lipinski definition) is 2. The summed E-state index contributed by atoms with van der Waals surface area (Å²) in [5.74, 6) is -0.982. The number of hydrogen-bond acceptors (Lipinski definition) is 2. The van der Waals surface area contributed by atoms with E-state index in [0.717, 1.165) is 12.0 Å². The van der Waals surface area contributed by atoms with Gasteiger partial charge in [-0.05, 0) is 24.0 Å². The van der Waals surface area contributed by atoms with Crippen molar-refractivity contribution in [3.8, 4) is 0 Å². The van der Waals surface area contributed by atoms with Gasteiger partial charge in [0.2, 0.25) is 0 Å². The molecule has 4 nitrogen and oxygen atoms in total. The van der Waals surface area contributed by atoms with Gasteiger partial charge in [-0.3, -0.25) is 9.59 Å².